The SMILES string of the molecule is CC1(C)CCC(NS(=O)(=O)c2cc(N)ccc2C(=O)O)C1. The normalized spacial score (nSPS) is 21.3. The molecular formula is C14H20N2O4S. The molecule has 7 heteroatoms. The van der Waals surface area contributed by atoms with Crippen LogP contribution in [0, 0.1) is 5.41 Å². The quantitative estimate of drug-likeness (QED) is 0.735. The molecule has 0 aromatic heterocycles. The van der Waals surface area contributed by atoms with E-state index in [-0.39, 0.29) is 27.6 Å². The van der Waals surface area contributed by atoms with Crippen molar-refractivity contribution in [2.24, 2.45) is 5.41 Å². The van der Waals surface area contributed by atoms with Gasteiger partial charge in [0.05, 0.1) is 10.5 Å². The van der Waals surface area contributed by atoms with E-state index >= 15 is 0 Å². The first-order chi connectivity index (χ1) is 9.61. The summed E-state index contributed by atoms with van der Waals surface area (Å²) in [6.45, 7) is 4.18. The first-order valence-corrected chi connectivity index (χ1v) is 8.24. The van der Waals surface area contributed by atoms with E-state index in [2.05, 4.69) is 18.6 Å². The van der Waals surface area contributed by atoms with E-state index in [1.807, 2.05) is 0 Å². The van der Waals surface area contributed by atoms with Gasteiger partial charge in [-0.2, -0.15) is 0 Å². The van der Waals surface area contributed by atoms with E-state index in [9.17, 15) is 13.2 Å². The van der Waals surface area contributed by atoms with Gasteiger partial charge in [0, 0.05) is 11.7 Å². The molecule has 1 aliphatic carbocycles. The minimum absolute atomic E-state index is 0.0958. The Morgan fingerprint density at radius 1 is 1.43 bits per heavy atom. The summed E-state index contributed by atoms with van der Waals surface area (Å²) in [7, 11) is -3.90. The van der Waals surface area contributed by atoms with Gasteiger partial charge in [0.25, 0.3) is 0 Å². The number of carboxylic acids is 1. The summed E-state index contributed by atoms with van der Waals surface area (Å²) in [5, 5.41) is 9.13. The minimum atomic E-state index is -3.90. The maximum absolute atomic E-state index is 12.4. The van der Waals surface area contributed by atoms with Crippen LogP contribution in [-0.4, -0.2) is 25.5 Å². The number of aromatic carboxylic acids is 1. The van der Waals surface area contributed by atoms with Crippen molar-refractivity contribution in [3.63, 3.8) is 0 Å². The molecule has 4 N–H and O–H groups in total. The summed E-state index contributed by atoms with van der Waals surface area (Å²) in [4.78, 5) is 10.9. The Morgan fingerprint density at radius 2 is 2.10 bits per heavy atom. The summed E-state index contributed by atoms with van der Waals surface area (Å²) in [5.74, 6) is -1.29. The third kappa shape index (κ3) is 3.54. The average molecular weight is 312 g/mol. The molecule has 0 amide bonds. The molecule has 1 aliphatic rings. The van der Waals surface area contributed by atoms with Gasteiger partial charge < -0.3 is 10.8 Å². The van der Waals surface area contributed by atoms with Crippen LogP contribution in [0.4, 0.5) is 5.69 Å². The highest BCUT2D eigenvalue weighted by Gasteiger charge is 2.34. The number of carboxylic acid groups (broad SMARTS) is 1. The van der Waals surface area contributed by atoms with Gasteiger partial charge in [0.2, 0.25) is 10.0 Å². The number of hydrogen-bond donors (Lipinski definition) is 3. The van der Waals surface area contributed by atoms with Gasteiger partial charge in [-0.15, -0.1) is 0 Å². The van der Waals surface area contributed by atoms with Crippen molar-refractivity contribution in [3.05, 3.63) is 23.8 Å². The van der Waals surface area contributed by atoms with Crippen LogP contribution in [0.5, 0.6) is 0 Å². The molecule has 0 radical (unpaired) electrons. The fraction of sp³-hybridized carbons (Fsp3) is 0.500. The summed E-state index contributed by atoms with van der Waals surface area (Å²) in [6, 6.07) is 3.60. The van der Waals surface area contributed by atoms with Gasteiger partial charge >= 0.3 is 5.97 Å². The smallest absolute Gasteiger partial charge is 0.337 e. The zero-order valence-electron chi connectivity index (χ0n) is 12.1. The van der Waals surface area contributed by atoms with E-state index in [4.69, 9.17) is 10.8 Å². The fourth-order valence-electron chi connectivity index (χ4n) is 2.76. The van der Waals surface area contributed by atoms with Gasteiger partial charge in [0.1, 0.15) is 0 Å². The lowest BCUT2D eigenvalue weighted by Crippen LogP contribution is -2.34. The first-order valence-electron chi connectivity index (χ1n) is 6.76. The number of nitrogen functional groups attached to an aromatic ring is 1. The van der Waals surface area contributed by atoms with Crippen molar-refractivity contribution in [2.45, 2.75) is 44.0 Å². The third-order valence-electron chi connectivity index (χ3n) is 3.82. The van der Waals surface area contributed by atoms with Gasteiger partial charge in [-0.3, -0.25) is 0 Å². The molecule has 21 heavy (non-hydrogen) atoms. The highest BCUT2D eigenvalue weighted by atomic mass is 32.2. The number of sulfonamides is 1. The van der Waals surface area contributed by atoms with E-state index < -0.39 is 16.0 Å². The molecule has 0 heterocycles. The number of hydrogen-bond acceptors (Lipinski definition) is 4. The van der Waals surface area contributed by atoms with Crippen LogP contribution in [0.1, 0.15) is 43.5 Å². The van der Waals surface area contributed by atoms with Crippen LogP contribution in [0.3, 0.4) is 0 Å². The molecule has 1 fully saturated rings. The van der Waals surface area contributed by atoms with Gasteiger partial charge in [-0.05, 0) is 42.9 Å². The van der Waals surface area contributed by atoms with Gasteiger partial charge in [-0.25, -0.2) is 17.9 Å². The number of anilines is 1. The van der Waals surface area contributed by atoms with Crippen LogP contribution in [0.2, 0.25) is 0 Å². The van der Waals surface area contributed by atoms with Crippen molar-refractivity contribution in [1.29, 1.82) is 0 Å². The molecule has 1 unspecified atom stereocenters. The van der Waals surface area contributed by atoms with Crippen molar-refractivity contribution < 1.29 is 18.3 Å². The largest absolute Gasteiger partial charge is 0.478 e. The highest BCUT2D eigenvalue weighted by Crippen LogP contribution is 2.37. The lowest BCUT2D eigenvalue weighted by atomic mass is 9.92. The Labute approximate surface area is 124 Å². The maximum Gasteiger partial charge on any atom is 0.337 e. The van der Waals surface area contributed by atoms with Crippen molar-refractivity contribution >= 4 is 21.7 Å². The molecule has 0 saturated heterocycles. The molecule has 1 atom stereocenters. The number of rotatable bonds is 4. The van der Waals surface area contributed by atoms with Gasteiger partial charge in [0.15, 0.2) is 0 Å². The maximum atomic E-state index is 12.4. The van der Waals surface area contributed by atoms with Crippen molar-refractivity contribution in [2.75, 3.05) is 5.73 Å². The molecule has 2 rings (SSSR count). The standard InChI is InChI=1S/C14H20N2O4S/c1-14(2)6-5-10(8-14)16-21(19,20)12-7-9(15)3-4-11(12)13(17)18/h3-4,7,10,16H,5-6,8,15H2,1-2H3,(H,17,18). The van der Waals surface area contributed by atoms with Crippen LogP contribution in [0.25, 0.3) is 0 Å². The third-order valence-corrected chi connectivity index (χ3v) is 5.38. The number of benzene rings is 1. The lowest BCUT2D eigenvalue weighted by molar-refractivity contribution is 0.0692. The molecule has 116 valence electrons. The Balaban J connectivity index is 2.32. The van der Waals surface area contributed by atoms with Crippen molar-refractivity contribution in [3.8, 4) is 0 Å². The second-order valence-corrected chi connectivity index (χ2v) is 7.97. The lowest BCUT2D eigenvalue weighted by Gasteiger charge is -2.18. The molecule has 1 aromatic carbocycles. The molecular weight excluding hydrogens is 292 g/mol. The zero-order valence-corrected chi connectivity index (χ0v) is 12.9. The molecule has 1 saturated carbocycles. The van der Waals surface area contributed by atoms with Crippen LogP contribution in [0.15, 0.2) is 23.1 Å². The van der Waals surface area contributed by atoms with E-state index in [1.54, 1.807) is 0 Å². The number of nitrogens with one attached hydrogen (secondary N) is 1. The Kier molecular flexibility index (Phi) is 3.99. The highest BCUT2D eigenvalue weighted by molar-refractivity contribution is 7.89. The summed E-state index contributed by atoms with van der Waals surface area (Å²) >= 11 is 0. The second kappa shape index (κ2) is 5.31. The van der Waals surface area contributed by atoms with E-state index in [0.717, 1.165) is 19.3 Å². The number of carbonyl (C=O) groups is 1. The average Bonchev–Trinajstić information content (AvgIpc) is 2.67. The van der Waals surface area contributed by atoms with E-state index in [0.29, 0.717) is 0 Å². The summed E-state index contributed by atoms with van der Waals surface area (Å²) in [6.07, 6.45) is 2.41. The predicted octanol–water partition coefficient (Wildman–Crippen LogP) is 1.82. The van der Waals surface area contributed by atoms with Crippen molar-refractivity contribution in [1.82, 2.24) is 4.72 Å². The monoisotopic (exact) mass is 312 g/mol. The van der Waals surface area contributed by atoms with Crippen LogP contribution >= 0.6 is 0 Å². The molecule has 6 nitrogen and oxygen atoms in total. The van der Waals surface area contributed by atoms with E-state index in [1.165, 1.54) is 18.2 Å². The Hall–Kier alpha value is -1.60. The van der Waals surface area contributed by atoms with Crippen LogP contribution in [-0.2, 0) is 10.0 Å². The molecule has 0 bridgehead atoms. The zero-order chi connectivity index (χ0) is 15.8. The number of nitrogens with two attached hydrogens (primary N) is 1. The Morgan fingerprint density at radius 3 is 2.62 bits per heavy atom. The Bertz CT molecular complexity index is 668. The minimum Gasteiger partial charge on any atom is -0.478 e. The molecule has 1 aromatic rings. The topological polar surface area (TPSA) is 109 Å². The van der Waals surface area contributed by atoms with Gasteiger partial charge in [-0.1, -0.05) is 13.8 Å². The summed E-state index contributed by atoms with van der Waals surface area (Å²) < 4.78 is 27.5. The van der Waals surface area contributed by atoms with Crippen LogP contribution < -0.4 is 10.5 Å². The fourth-order valence-corrected chi connectivity index (χ4v) is 4.26. The first kappa shape index (κ1) is 15.8. The second-order valence-electron chi connectivity index (χ2n) is 6.29. The molecule has 0 spiro atoms. The molecule has 0 aliphatic heterocycles. The predicted molar refractivity (Wildman–Crippen MR) is 79.6 cm³/mol. The summed E-state index contributed by atoms with van der Waals surface area (Å²) in [5.41, 5.74) is 5.63.